The molecule has 0 aliphatic heterocycles. The number of guanidine groups is 1. The minimum absolute atomic E-state index is 0.0161. The highest BCUT2D eigenvalue weighted by Gasteiger charge is 2.30. The quantitative estimate of drug-likeness (QED) is 0.0543. The summed E-state index contributed by atoms with van der Waals surface area (Å²) < 4.78 is 0. The number of hydrogen-bond acceptors (Lipinski definition) is 8. The summed E-state index contributed by atoms with van der Waals surface area (Å²) in [7, 11) is 0. The van der Waals surface area contributed by atoms with Gasteiger partial charge < -0.3 is 49.1 Å². The van der Waals surface area contributed by atoms with Gasteiger partial charge in [-0.05, 0) is 68.3 Å². The highest BCUT2D eigenvalue weighted by atomic mass is 16.4. The van der Waals surface area contributed by atoms with E-state index in [1.807, 2.05) is 30.3 Å². The molecule has 0 aliphatic carbocycles. The summed E-state index contributed by atoms with van der Waals surface area (Å²) in [5.41, 5.74) is 24.0. The number of rotatable bonds is 19. The van der Waals surface area contributed by atoms with Gasteiger partial charge >= 0.3 is 5.97 Å². The van der Waals surface area contributed by atoms with E-state index in [2.05, 4.69) is 20.9 Å². The number of aliphatic carboxylic acids is 1. The van der Waals surface area contributed by atoms with E-state index in [1.54, 1.807) is 12.1 Å². The van der Waals surface area contributed by atoms with Gasteiger partial charge in [0.1, 0.15) is 23.9 Å². The first-order chi connectivity index (χ1) is 21.0. The Morgan fingerprint density at radius 2 is 1.27 bits per heavy atom. The molecule has 0 saturated heterocycles. The summed E-state index contributed by atoms with van der Waals surface area (Å²) in [6.07, 6.45) is 1.95. The van der Waals surface area contributed by atoms with E-state index in [0.717, 1.165) is 5.56 Å². The van der Waals surface area contributed by atoms with Crippen molar-refractivity contribution in [3.63, 3.8) is 0 Å². The van der Waals surface area contributed by atoms with Gasteiger partial charge in [-0.25, -0.2) is 4.79 Å². The summed E-state index contributed by atoms with van der Waals surface area (Å²) in [5.74, 6) is -3.30. The Morgan fingerprint density at radius 1 is 0.727 bits per heavy atom. The fourth-order valence-electron chi connectivity index (χ4n) is 4.39. The zero-order valence-corrected chi connectivity index (χ0v) is 24.7. The second-order valence-electron chi connectivity index (χ2n) is 10.4. The molecule has 3 amide bonds. The van der Waals surface area contributed by atoms with Gasteiger partial charge in [0.15, 0.2) is 5.96 Å². The lowest BCUT2D eigenvalue weighted by atomic mass is 10.0. The molecule has 0 bridgehead atoms. The number of carboxylic acid groups (broad SMARTS) is 1. The van der Waals surface area contributed by atoms with E-state index in [1.165, 1.54) is 12.1 Å². The smallest absolute Gasteiger partial charge is 0.326 e. The molecule has 2 aromatic rings. The zero-order valence-electron chi connectivity index (χ0n) is 24.7. The molecule has 44 heavy (non-hydrogen) atoms. The van der Waals surface area contributed by atoms with Crippen molar-refractivity contribution in [1.82, 2.24) is 16.0 Å². The van der Waals surface area contributed by atoms with Gasteiger partial charge in [0.25, 0.3) is 0 Å². The third-order valence-corrected chi connectivity index (χ3v) is 6.78. The first kappa shape index (κ1) is 35.5. The van der Waals surface area contributed by atoms with E-state index in [9.17, 15) is 29.4 Å². The number of aromatic hydroxyl groups is 1. The lowest BCUT2D eigenvalue weighted by Gasteiger charge is -2.25. The van der Waals surface area contributed by atoms with Crippen LogP contribution in [0.15, 0.2) is 59.6 Å². The molecule has 14 nitrogen and oxygen atoms in total. The number of carbonyl (C=O) groups is 4. The van der Waals surface area contributed by atoms with Crippen molar-refractivity contribution in [3.05, 3.63) is 65.7 Å². The highest BCUT2D eigenvalue weighted by molar-refractivity contribution is 5.94. The van der Waals surface area contributed by atoms with Crippen LogP contribution in [0.5, 0.6) is 5.75 Å². The Morgan fingerprint density at radius 3 is 1.84 bits per heavy atom. The second kappa shape index (κ2) is 18.8. The van der Waals surface area contributed by atoms with Gasteiger partial charge in [0, 0.05) is 13.0 Å². The molecule has 0 spiro atoms. The molecule has 0 aromatic heterocycles. The van der Waals surface area contributed by atoms with Crippen LogP contribution in [0, 0.1) is 0 Å². The maximum absolute atomic E-state index is 13.5. The van der Waals surface area contributed by atoms with Crippen LogP contribution >= 0.6 is 0 Å². The SMILES string of the molecule is NCCCCC(NC(=O)C(N)Cc1ccccc1)C(=O)NC(CCCN=C(N)N)C(=O)NC(Cc1ccc(O)cc1)C(=O)O. The van der Waals surface area contributed by atoms with Crippen LogP contribution in [-0.2, 0) is 32.0 Å². The molecule has 14 heteroatoms. The Balaban J connectivity index is 2.18. The van der Waals surface area contributed by atoms with Crippen molar-refractivity contribution in [2.45, 2.75) is 69.1 Å². The third kappa shape index (κ3) is 13.1. The molecule has 0 aliphatic rings. The topological polar surface area (TPSA) is 261 Å². The molecule has 240 valence electrons. The molecule has 4 unspecified atom stereocenters. The second-order valence-corrected chi connectivity index (χ2v) is 10.4. The molecule has 4 atom stereocenters. The molecular weight excluding hydrogens is 568 g/mol. The Labute approximate surface area is 256 Å². The van der Waals surface area contributed by atoms with Crippen molar-refractivity contribution in [2.75, 3.05) is 13.1 Å². The van der Waals surface area contributed by atoms with Crippen molar-refractivity contribution in [1.29, 1.82) is 0 Å². The van der Waals surface area contributed by atoms with Gasteiger partial charge in [-0.2, -0.15) is 0 Å². The average Bonchev–Trinajstić information content (AvgIpc) is 2.99. The number of amides is 3. The van der Waals surface area contributed by atoms with Crippen LogP contribution in [0.4, 0.5) is 0 Å². The first-order valence-electron chi connectivity index (χ1n) is 14.5. The Kier molecular flexibility index (Phi) is 15.1. The Bertz CT molecular complexity index is 1240. The van der Waals surface area contributed by atoms with Gasteiger partial charge in [0.2, 0.25) is 17.7 Å². The lowest BCUT2D eigenvalue weighted by Crippen LogP contribution is -2.57. The van der Waals surface area contributed by atoms with Gasteiger partial charge in [-0.3, -0.25) is 19.4 Å². The number of phenols is 1. The van der Waals surface area contributed by atoms with E-state index >= 15 is 0 Å². The van der Waals surface area contributed by atoms with Crippen LogP contribution in [-0.4, -0.2) is 77.1 Å². The van der Waals surface area contributed by atoms with Crippen molar-refractivity contribution in [2.24, 2.45) is 27.9 Å². The number of phenolic OH excluding ortho intramolecular Hbond substituents is 1. The van der Waals surface area contributed by atoms with E-state index in [4.69, 9.17) is 22.9 Å². The number of nitrogens with one attached hydrogen (secondary N) is 3. The molecule has 13 N–H and O–H groups in total. The number of carboxylic acids is 1. The standard InChI is InChI=1S/C30H44N8O6/c31-15-5-4-9-23(36-26(40)22(32)17-19-7-2-1-3-8-19)27(41)37-24(10-6-16-35-30(33)34)28(42)38-25(29(43)44)18-20-11-13-21(39)14-12-20/h1-3,7-8,11-14,22-25,39H,4-6,9-10,15-18,31-32H2,(H,36,40)(H,37,41)(H,38,42)(H,43,44)(H4,33,34,35). The minimum atomic E-state index is -1.32. The lowest BCUT2D eigenvalue weighted by molar-refractivity contribution is -0.142. The van der Waals surface area contributed by atoms with Crippen molar-refractivity contribution < 1.29 is 29.4 Å². The number of benzene rings is 2. The third-order valence-electron chi connectivity index (χ3n) is 6.78. The summed E-state index contributed by atoms with van der Waals surface area (Å²) in [4.78, 5) is 55.7. The summed E-state index contributed by atoms with van der Waals surface area (Å²) in [6, 6.07) is 10.7. The van der Waals surface area contributed by atoms with Crippen LogP contribution in [0.25, 0.3) is 0 Å². The van der Waals surface area contributed by atoms with Gasteiger partial charge in [-0.1, -0.05) is 42.5 Å². The average molecular weight is 613 g/mol. The van der Waals surface area contributed by atoms with Crippen LogP contribution < -0.4 is 38.9 Å². The summed E-state index contributed by atoms with van der Waals surface area (Å²) in [6.45, 7) is 0.562. The van der Waals surface area contributed by atoms with Crippen molar-refractivity contribution >= 4 is 29.7 Å². The van der Waals surface area contributed by atoms with E-state index < -0.39 is 47.9 Å². The summed E-state index contributed by atoms with van der Waals surface area (Å²) in [5, 5.41) is 27.1. The number of hydrogen-bond donors (Lipinski definition) is 9. The van der Waals surface area contributed by atoms with Crippen LogP contribution in [0.2, 0.25) is 0 Å². The molecule has 2 aromatic carbocycles. The number of unbranched alkanes of at least 4 members (excludes halogenated alkanes) is 1. The van der Waals surface area contributed by atoms with E-state index in [-0.39, 0.29) is 50.4 Å². The minimum Gasteiger partial charge on any atom is -0.508 e. The number of nitrogens with zero attached hydrogens (tertiary/aromatic N) is 1. The first-order valence-corrected chi connectivity index (χ1v) is 14.5. The van der Waals surface area contributed by atoms with E-state index in [0.29, 0.717) is 24.9 Å². The molecule has 0 fully saturated rings. The number of nitrogens with two attached hydrogens (primary N) is 4. The van der Waals surface area contributed by atoms with Crippen molar-refractivity contribution in [3.8, 4) is 5.75 Å². The van der Waals surface area contributed by atoms with Crippen LogP contribution in [0.3, 0.4) is 0 Å². The molecule has 0 radical (unpaired) electrons. The predicted octanol–water partition coefficient (Wildman–Crippen LogP) is -0.774. The van der Waals surface area contributed by atoms with Crippen LogP contribution in [0.1, 0.15) is 43.2 Å². The van der Waals surface area contributed by atoms with Gasteiger partial charge in [-0.15, -0.1) is 0 Å². The fourth-order valence-corrected chi connectivity index (χ4v) is 4.39. The normalized spacial score (nSPS) is 13.5. The maximum Gasteiger partial charge on any atom is 0.326 e. The zero-order chi connectivity index (χ0) is 32.5. The maximum atomic E-state index is 13.5. The molecule has 0 saturated carbocycles. The fraction of sp³-hybridized carbons (Fsp3) is 0.433. The monoisotopic (exact) mass is 612 g/mol. The molecule has 0 heterocycles. The predicted molar refractivity (Wildman–Crippen MR) is 166 cm³/mol. The largest absolute Gasteiger partial charge is 0.508 e. The van der Waals surface area contributed by atoms with Gasteiger partial charge in [0.05, 0.1) is 6.04 Å². The Hall–Kier alpha value is -4.69. The number of carbonyl (C=O) groups excluding carboxylic acids is 3. The molecular formula is C30H44N8O6. The molecule has 2 rings (SSSR count). The summed E-state index contributed by atoms with van der Waals surface area (Å²) >= 11 is 0. The highest BCUT2D eigenvalue weighted by Crippen LogP contribution is 2.12. The number of aliphatic imine (C=N–C) groups is 1.